The van der Waals surface area contributed by atoms with E-state index in [0.717, 1.165) is 42.7 Å². The van der Waals surface area contributed by atoms with Crippen molar-refractivity contribution in [3.8, 4) is 0 Å². The molecule has 4 rings (SSSR count). The van der Waals surface area contributed by atoms with Gasteiger partial charge in [-0.25, -0.2) is 0 Å². The number of anilines is 1. The van der Waals surface area contributed by atoms with Gasteiger partial charge < -0.3 is 10.1 Å². The standard InChI is InChI=1S/C17H24N8O/c1-4-24-9-10-26-14(17(24)13-7-8-19-23(13)3)11-18-15-5-6-16-21-20-12(2)25(16)22-15/h5-8,14,17H,4,9-11H2,1-3H3,(H,18,22)/t14-,17-/m0/s1. The predicted molar refractivity (Wildman–Crippen MR) is 96.9 cm³/mol. The summed E-state index contributed by atoms with van der Waals surface area (Å²) in [4.78, 5) is 2.44. The molecule has 4 heterocycles. The average molecular weight is 356 g/mol. The molecule has 0 radical (unpaired) electrons. The number of aromatic nitrogens is 6. The molecular weight excluding hydrogens is 332 g/mol. The van der Waals surface area contributed by atoms with Crippen LogP contribution in [0.15, 0.2) is 24.4 Å². The van der Waals surface area contributed by atoms with Crippen LogP contribution in [0.25, 0.3) is 5.65 Å². The molecule has 2 atom stereocenters. The molecule has 0 amide bonds. The van der Waals surface area contributed by atoms with E-state index in [9.17, 15) is 0 Å². The number of rotatable bonds is 5. The Hall–Kier alpha value is -2.52. The van der Waals surface area contributed by atoms with Crippen LogP contribution in [0.5, 0.6) is 0 Å². The molecule has 0 unspecified atom stereocenters. The minimum Gasteiger partial charge on any atom is -0.373 e. The molecule has 9 nitrogen and oxygen atoms in total. The summed E-state index contributed by atoms with van der Waals surface area (Å²) in [5, 5.41) is 20.4. The Morgan fingerprint density at radius 3 is 2.92 bits per heavy atom. The molecule has 3 aromatic heterocycles. The van der Waals surface area contributed by atoms with Crippen molar-refractivity contribution in [1.29, 1.82) is 0 Å². The maximum absolute atomic E-state index is 6.11. The van der Waals surface area contributed by atoms with Crippen LogP contribution in [0.1, 0.15) is 24.5 Å². The molecule has 1 fully saturated rings. The van der Waals surface area contributed by atoms with Crippen LogP contribution in [-0.4, -0.2) is 66.8 Å². The van der Waals surface area contributed by atoms with Gasteiger partial charge in [-0.15, -0.1) is 15.3 Å². The highest BCUT2D eigenvalue weighted by atomic mass is 16.5. The minimum absolute atomic E-state index is 0.0126. The van der Waals surface area contributed by atoms with Gasteiger partial charge in [-0.3, -0.25) is 9.58 Å². The summed E-state index contributed by atoms with van der Waals surface area (Å²) in [5.74, 6) is 1.55. The first-order valence-corrected chi connectivity index (χ1v) is 8.94. The van der Waals surface area contributed by atoms with Gasteiger partial charge in [0.15, 0.2) is 11.5 Å². The van der Waals surface area contributed by atoms with Gasteiger partial charge in [0.25, 0.3) is 0 Å². The maximum Gasteiger partial charge on any atom is 0.178 e. The Kier molecular flexibility index (Phi) is 4.56. The highest BCUT2D eigenvalue weighted by Gasteiger charge is 2.34. The molecule has 0 aromatic carbocycles. The topological polar surface area (TPSA) is 85.4 Å². The molecule has 1 aliphatic heterocycles. The van der Waals surface area contributed by atoms with Crippen molar-refractivity contribution in [2.45, 2.75) is 26.0 Å². The monoisotopic (exact) mass is 356 g/mol. The lowest BCUT2D eigenvalue weighted by Crippen LogP contribution is -2.48. The number of fused-ring (bicyclic) bond motifs is 1. The fourth-order valence-electron chi connectivity index (χ4n) is 3.56. The predicted octanol–water partition coefficient (Wildman–Crippen LogP) is 1.04. The Bertz CT molecular complexity index is 888. The number of nitrogens with zero attached hydrogens (tertiary/aromatic N) is 7. The Morgan fingerprint density at radius 1 is 1.27 bits per heavy atom. The van der Waals surface area contributed by atoms with E-state index in [1.807, 2.05) is 37.0 Å². The van der Waals surface area contributed by atoms with Crippen molar-refractivity contribution in [2.24, 2.45) is 7.05 Å². The Morgan fingerprint density at radius 2 is 2.15 bits per heavy atom. The lowest BCUT2D eigenvalue weighted by Gasteiger charge is -2.40. The number of morpholine rings is 1. The molecule has 0 spiro atoms. The third-order valence-electron chi connectivity index (χ3n) is 4.93. The van der Waals surface area contributed by atoms with Gasteiger partial charge in [0.05, 0.1) is 24.4 Å². The number of likely N-dealkylation sites (N-methyl/N-ethyl adjacent to an activating group) is 1. The third-order valence-corrected chi connectivity index (χ3v) is 4.93. The highest BCUT2D eigenvalue weighted by Crippen LogP contribution is 2.29. The maximum atomic E-state index is 6.11. The summed E-state index contributed by atoms with van der Waals surface area (Å²) < 4.78 is 9.78. The minimum atomic E-state index is 0.0126. The van der Waals surface area contributed by atoms with Crippen LogP contribution in [-0.2, 0) is 11.8 Å². The van der Waals surface area contributed by atoms with Crippen LogP contribution in [0, 0.1) is 6.92 Å². The molecule has 3 aromatic rings. The van der Waals surface area contributed by atoms with Crippen LogP contribution < -0.4 is 5.32 Å². The van der Waals surface area contributed by atoms with Gasteiger partial charge in [-0.2, -0.15) is 9.61 Å². The van der Waals surface area contributed by atoms with E-state index >= 15 is 0 Å². The first-order chi connectivity index (χ1) is 12.7. The van der Waals surface area contributed by atoms with Gasteiger partial charge in [0.2, 0.25) is 0 Å². The molecule has 0 aliphatic carbocycles. The van der Waals surface area contributed by atoms with Gasteiger partial charge >= 0.3 is 0 Å². The van der Waals surface area contributed by atoms with Crippen molar-refractivity contribution in [2.75, 3.05) is 31.6 Å². The quantitative estimate of drug-likeness (QED) is 0.731. The van der Waals surface area contributed by atoms with Crippen molar-refractivity contribution in [1.82, 2.24) is 34.5 Å². The molecule has 9 heteroatoms. The van der Waals surface area contributed by atoms with E-state index in [0.29, 0.717) is 6.54 Å². The molecule has 0 bridgehead atoms. The van der Waals surface area contributed by atoms with Crippen LogP contribution in [0.2, 0.25) is 0 Å². The normalized spacial score (nSPS) is 21.3. The summed E-state index contributed by atoms with van der Waals surface area (Å²) in [6.07, 6.45) is 1.85. The van der Waals surface area contributed by atoms with Gasteiger partial charge in [0.1, 0.15) is 5.82 Å². The summed E-state index contributed by atoms with van der Waals surface area (Å²) in [6, 6.07) is 6.06. The van der Waals surface area contributed by atoms with Gasteiger partial charge in [-0.05, 0) is 31.7 Å². The first kappa shape index (κ1) is 16.9. The van der Waals surface area contributed by atoms with Crippen LogP contribution >= 0.6 is 0 Å². The van der Waals surface area contributed by atoms with E-state index in [1.165, 1.54) is 0 Å². The molecule has 138 valence electrons. The zero-order chi connectivity index (χ0) is 18.1. The fraction of sp³-hybridized carbons (Fsp3) is 0.529. The zero-order valence-corrected chi connectivity index (χ0v) is 15.3. The van der Waals surface area contributed by atoms with Crippen LogP contribution in [0.3, 0.4) is 0 Å². The summed E-state index contributed by atoms with van der Waals surface area (Å²) in [5.41, 5.74) is 1.91. The van der Waals surface area contributed by atoms with E-state index in [-0.39, 0.29) is 12.1 Å². The fourth-order valence-corrected chi connectivity index (χ4v) is 3.56. The average Bonchev–Trinajstić information content (AvgIpc) is 3.25. The molecule has 26 heavy (non-hydrogen) atoms. The second-order valence-electron chi connectivity index (χ2n) is 6.48. The Labute approximate surface area is 152 Å². The highest BCUT2D eigenvalue weighted by molar-refractivity contribution is 5.44. The van der Waals surface area contributed by atoms with E-state index in [1.54, 1.807) is 4.52 Å². The first-order valence-electron chi connectivity index (χ1n) is 8.94. The lowest BCUT2D eigenvalue weighted by atomic mass is 10.0. The summed E-state index contributed by atoms with van der Waals surface area (Å²) >= 11 is 0. The number of hydrogen-bond acceptors (Lipinski definition) is 7. The number of nitrogens with one attached hydrogen (secondary N) is 1. The molecule has 0 saturated carbocycles. The van der Waals surface area contributed by atoms with Crippen LogP contribution in [0.4, 0.5) is 5.82 Å². The zero-order valence-electron chi connectivity index (χ0n) is 15.3. The van der Waals surface area contributed by atoms with E-state index in [2.05, 4.69) is 43.6 Å². The van der Waals surface area contributed by atoms with Gasteiger partial charge in [-0.1, -0.05) is 6.92 Å². The molecule has 1 aliphatic rings. The summed E-state index contributed by atoms with van der Waals surface area (Å²) in [7, 11) is 1.98. The second kappa shape index (κ2) is 7.00. The SMILES string of the molecule is CCN1CCO[C@@H](CNc2ccc3nnc(C)n3n2)[C@@H]1c1ccnn1C. The molecule has 1 N–H and O–H groups in total. The van der Waals surface area contributed by atoms with Gasteiger partial charge in [0, 0.05) is 26.3 Å². The van der Waals surface area contributed by atoms with E-state index < -0.39 is 0 Å². The third kappa shape index (κ3) is 3.04. The number of aryl methyl sites for hydroxylation is 2. The number of hydrogen-bond donors (Lipinski definition) is 1. The molecular formula is C17H24N8O. The lowest BCUT2D eigenvalue weighted by molar-refractivity contribution is -0.0664. The Balaban J connectivity index is 1.54. The van der Waals surface area contributed by atoms with Crippen molar-refractivity contribution in [3.05, 3.63) is 35.9 Å². The van der Waals surface area contributed by atoms with Crippen molar-refractivity contribution in [3.63, 3.8) is 0 Å². The largest absolute Gasteiger partial charge is 0.373 e. The number of ether oxygens (including phenoxy) is 1. The van der Waals surface area contributed by atoms with E-state index in [4.69, 9.17) is 4.74 Å². The second-order valence-corrected chi connectivity index (χ2v) is 6.48. The van der Waals surface area contributed by atoms with Crippen molar-refractivity contribution < 1.29 is 4.74 Å². The van der Waals surface area contributed by atoms with Crippen molar-refractivity contribution >= 4 is 11.5 Å². The molecule has 1 saturated heterocycles. The smallest absolute Gasteiger partial charge is 0.178 e. The summed E-state index contributed by atoms with van der Waals surface area (Å²) in [6.45, 7) is 7.35.